The third kappa shape index (κ3) is 2.26. The lowest BCUT2D eigenvalue weighted by atomic mass is 9.76. The zero-order valence-electron chi connectivity index (χ0n) is 13.7. The minimum atomic E-state index is -0.0271. The molecule has 2 aliphatic heterocycles. The van der Waals surface area contributed by atoms with Crippen molar-refractivity contribution in [3.05, 3.63) is 47.3 Å². The van der Waals surface area contributed by atoms with Gasteiger partial charge in [-0.1, -0.05) is 0 Å². The molecule has 4 rings (SSSR count). The van der Waals surface area contributed by atoms with Crippen LogP contribution in [0.4, 0.5) is 0 Å². The maximum atomic E-state index is 6.32. The molecule has 5 nitrogen and oxygen atoms in total. The van der Waals surface area contributed by atoms with Gasteiger partial charge >= 0.3 is 0 Å². The Labute approximate surface area is 136 Å². The fourth-order valence-corrected chi connectivity index (χ4v) is 4.06. The number of hydrogen-bond acceptors (Lipinski definition) is 5. The SMILES string of the molecule is COC1=CCC2C(=C1)OC1C3C=C(OC)C(OC)=CC3OCC21. The largest absolute Gasteiger partial charge is 0.497 e. The summed E-state index contributed by atoms with van der Waals surface area (Å²) in [6.07, 6.45) is 9.25. The van der Waals surface area contributed by atoms with Gasteiger partial charge in [0.1, 0.15) is 17.6 Å². The molecule has 0 bridgehead atoms. The molecule has 0 aromatic rings. The van der Waals surface area contributed by atoms with Crippen molar-refractivity contribution in [3.8, 4) is 0 Å². The summed E-state index contributed by atoms with van der Waals surface area (Å²) in [6, 6.07) is 0. The van der Waals surface area contributed by atoms with Crippen molar-refractivity contribution >= 4 is 0 Å². The molecule has 2 fully saturated rings. The van der Waals surface area contributed by atoms with Crippen LogP contribution in [0.3, 0.4) is 0 Å². The lowest BCUT2D eigenvalue weighted by molar-refractivity contribution is -0.0819. The highest BCUT2D eigenvalue weighted by Gasteiger charge is 2.51. The summed E-state index contributed by atoms with van der Waals surface area (Å²) in [5.74, 6) is 4.27. The second-order valence-corrected chi connectivity index (χ2v) is 6.29. The van der Waals surface area contributed by atoms with Gasteiger partial charge in [-0.3, -0.25) is 0 Å². The summed E-state index contributed by atoms with van der Waals surface area (Å²) in [4.78, 5) is 0. The smallest absolute Gasteiger partial charge is 0.159 e. The summed E-state index contributed by atoms with van der Waals surface area (Å²) in [5.41, 5.74) is 0. The molecule has 0 amide bonds. The van der Waals surface area contributed by atoms with E-state index in [0.29, 0.717) is 18.4 Å². The van der Waals surface area contributed by atoms with Gasteiger partial charge in [0.15, 0.2) is 11.5 Å². The van der Waals surface area contributed by atoms with E-state index in [4.69, 9.17) is 23.7 Å². The monoisotopic (exact) mass is 318 g/mol. The molecule has 0 aromatic carbocycles. The van der Waals surface area contributed by atoms with Crippen molar-refractivity contribution in [2.45, 2.75) is 18.6 Å². The first kappa shape index (κ1) is 14.7. The lowest BCUT2D eigenvalue weighted by Crippen LogP contribution is -2.45. The molecule has 0 spiro atoms. The fourth-order valence-electron chi connectivity index (χ4n) is 4.06. The van der Waals surface area contributed by atoms with Crippen LogP contribution in [0, 0.1) is 17.8 Å². The molecular formula is C18H22O5. The number of fused-ring (bicyclic) bond motifs is 5. The van der Waals surface area contributed by atoms with Crippen LogP contribution in [0.2, 0.25) is 0 Å². The Kier molecular flexibility index (Phi) is 3.60. The normalized spacial score (nSPS) is 37.8. The first-order valence-corrected chi connectivity index (χ1v) is 8.01. The molecule has 2 aliphatic carbocycles. The molecule has 0 N–H and O–H groups in total. The quantitative estimate of drug-likeness (QED) is 0.800. The summed E-state index contributed by atoms with van der Waals surface area (Å²) in [7, 11) is 5.00. The highest BCUT2D eigenvalue weighted by molar-refractivity contribution is 5.32. The van der Waals surface area contributed by atoms with Gasteiger partial charge in [-0.15, -0.1) is 0 Å². The number of allylic oxidation sites excluding steroid dienone is 3. The average Bonchev–Trinajstić information content (AvgIpc) is 2.98. The molecule has 4 aliphatic rings. The van der Waals surface area contributed by atoms with Crippen LogP contribution < -0.4 is 0 Å². The van der Waals surface area contributed by atoms with E-state index in [-0.39, 0.29) is 18.1 Å². The molecule has 124 valence electrons. The van der Waals surface area contributed by atoms with Crippen LogP contribution in [0.5, 0.6) is 0 Å². The van der Waals surface area contributed by atoms with Crippen LogP contribution in [0.15, 0.2) is 47.3 Å². The third-order valence-corrected chi connectivity index (χ3v) is 5.25. The van der Waals surface area contributed by atoms with Gasteiger partial charge in [0.2, 0.25) is 0 Å². The van der Waals surface area contributed by atoms with Gasteiger partial charge in [0.25, 0.3) is 0 Å². The maximum absolute atomic E-state index is 6.32. The van der Waals surface area contributed by atoms with Crippen LogP contribution in [0.1, 0.15) is 6.42 Å². The van der Waals surface area contributed by atoms with E-state index in [2.05, 4.69) is 12.2 Å². The molecule has 0 aromatic heterocycles. The van der Waals surface area contributed by atoms with Gasteiger partial charge in [0.05, 0.1) is 34.0 Å². The van der Waals surface area contributed by atoms with Crippen LogP contribution in [0.25, 0.3) is 0 Å². The van der Waals surface area contributed by atoms with Crippen molar-refractivity contribution in [1.82, 2.24) is 0 Å². The molecule has 2 heterocycles. The number of methoxy groups -OCH3 is 3. The van der Waals surface area contributed by atoms with Gasteiger partial charge in [-0.25, -0.2) is 0 Å². The topological polar surface area (TPSA) is 46.2 Å². The fraction of sp³-hybridized carbons (Fsp3) is 0.556. The first-order chi connectivity index (χ1) is 11.2. The Bertz CT molecular complexity index is 615. The minimum Gasteiger partial charge on any atom is -0.497 e. The maximum Gasteiger partial charge on any atom is 0.159 e. The van der Waals surface area contributed by atoms with Gasteiger partial charge in [-0.05, 0) is 24.6 Å². The average molecular weight is 318 g/mol. The predicted molar refractivity (Wildman–Crippen MR) is 83.1 cm³/mol. The summed E-state index contributed by atoms with van der Waals surface area (Å²) < 4.78 is 28.6. The Balaban J connectivity index is 1.62. The van der Waals surface area contributed by atoms with Crippen molar-refractivity contribution < 1.29 is 23.7 Å². The standard InChI is InChI=1S/C18H22O5/c1-19-10-4-5-11-13-9-22-14-8-17(21-3)16(20-2)7-12(14)18(13)23-15(11)6-10/h4,6-8,11-14,18H,5,9H2,1-3H3. The summed E-state index contributed by atoms with van der Waals surface area (Å²) in [5, 5.41) is 0. The van der Waals surface area contributed by atoms with Crippen LogP contribution in [-0.2, 0) is 23.7 Å². The third-order valence-electron chi connectivity index (χ3n) is 5.25. The first-order valence-electron chi connectivity index (χ1n) is 8.01. The van der Waals surface area contributed by atoms with E-state index in [0.717, 1.165) is 29.5 Å². The highest BCUT2D eigenvalue weighted by atomic mass is 16.5. The minimum absolute atomic E-state index is 0.0271. The Morgan fingerprint density at radius 2 is 1.83 bits per heavy atom. The molecule has 23 heavy (non-hydrogen) atoms. The van der Waals surface area contributed by atoms with Crippen molar-refractivity contribution in [2.24, 2.45) is 17.8 Å². The Morgan fingerprint density at radius 3 is 2.57 bits per heavy atom. The molecule has 0 radical (unpaired) electrons. The number of ether oxygens (including phenoxy) is 5. The van der Waals surface area contributed by atoms with E-state index in [1.54, 1.807) is 21.3 Å². The summed E-state index contributed by atoms with van der Waals surface area (Å²) in [6.45, 7) is 0.702. The number of hydrogen-bond donors (Lipinski definition) is 0. The molecule has 5 unspecified atom stereocenters. The van der Waals surface area contributed by atoms with E-state index in [1.807, 2.05) is 12.2 Å². The van der Waals surface area contributed by atoms with Crippen molar-refractivity contribution in [2.75, 3.05) is 27.9 Å². The Morgan fingerprint density at radius 1 is 1.04 bits per heavy atom. The predicted octanol–water partition coefficient (Wildman–Crippen LogP) is 2.52. The van der Waals surface area contributed by atoms with E-state index in [1.165, 1.54) is 0 Å². The van der Waals surface area contributed by atoms with E-state index < -0.39 is 0 Å². The second-order valence-electron chi connectivity index (χ2n) is 6.29. The van der Waals surface area contributed by atoms with Gasteiger partial charge in [-0.2, -0.15) is 0 Å². The second kappa shape index (κ2) is 5.64. The molecule has 5 atom stereocenters. The molecule has 2 saturated heterocycles. The van der Waals surface area contributed by atoms with Crippen LogP contribution >= 0.6 is 0 Å². The van der Waals surface area contributed by atoms with Crippen LogP contribution in [-0.4, -0.2) is 40.1 Å². The molecule has 5 heteroatoms. The highest BCUT2D eigenvalue weighted by Crippen LogP contribution is 2.48. The lowest BCUT2D eigenvalue weighted by Gasteiger charge is -2.39. The number of rotatable bonds is 3. The zero-order valence-corrected chi connectivity index (χ0v) is 13.7. The van der Waals surface area contributed by atoms with Crippen molar-refractivity contribution in [1.29, 1.82) is 0 Å². The van der Waals surface area contributed by atoms with E-state index >= 15 is 0 Å². The van der Waals surface area contributed by atoms with Gasteiger partial charge < -0.3 is 23.7 Å². The van der Waals surface area contributed by atoms with Gasteiger partial charge in [0, 0.05) is 23.8 Å². The molecular weight excluding hydrogens is 296 g/mol. The van der Waals surface area contributed by atoms with Crippen molar-refractivity contribution in [3.63, 3.8) is 0 Å². The molecule has 0 saturated carbocycles. The van der Waals surface area contributed by atoms with E-state index in [9.17, 15) is 0 Å². The zero-order chi connectivity index (χ0) is 16.0. The Hall–Kier alpha value is -1.88. The summed E-state index contributed by atoms with van der Waals surface area (Å²) >= 11 is 0.